The van der Waals surface area contributed by atoms with E-state index in [1.54, 1.807) is 13.2 Å². The summed E-state index contributed by atoms with van der Waals surface area (Å²) in [6.07, 6.45) is 11.9. The van der Waals surface area contributed by atoms with Crippen LogP contribution in [0.2, 0.25) is 0 Å². The van der Waals surface area contributed by atoms with Gasteiger partial charge in [-0.05, 0) is 60.1 Å². The Labute approximate surface area is 168 Å². The number of aldehydes is 1. The van der Waals surface area contributed by atoms with Gasteiger partial charge >= 0.3 is 0 Å². The summed E-state index contributed by atoms with van der Waals surface area (Å²) in [6, 6.07) is 14.2. The molecule has 2 aromatic carbocycles. The summed E-state index contributed by atoms with van der Waals surface area (Å²) < 4.78 is 4.94. The number of anilines is 2. The Balaban J connectivity index is 0.000000209. The van der Waals surface area contributed by atoms with Crippen LogP contribution in [-0.4, -0.2) is 20.0 Å². The standard InChI is InChI=1S/C15H18O.C9H14N2O/c16-12-4-5-13-8-10-15(11-9-13)14-6-2-1-3-7-14;1-12-5-4-7-2-3-8(10)6-9(7)11/h4-5,8-12,14H,1-3,6-7H2;2-3,6H,4-5,10-11H2,1H3/b5-4+;. The van der Waals surface area contributed by atoms with Crippen molar-refractivity contribution in [2.45, 2.75) is 44.4 Å². The molecular weight excluding hydrogens is 348 g/mol. The largest absolute Gasteiger partial charge is 0.399 e. The highest BCUT2D eigenvalue weighted by Gasteiger charge is 2.14. The van der Waals surface area contributed by atoms with Crippen molar-refractivity contribution in [2.24, 2.45) is 0 Å². The van der Waals surface area contributed by atoms with Gasteiger partial charge in [0.1, 0.15) is 6.29 Å². The fourth-order valence-corrected chi connectivity index (χ4v) is 3.52. The third kappa shape index (κ3) is 7.20. The lowest BCUT2D eigenvalue weighted by Crippen LogP contribution is -2.04. The predicted octanol–water partition coefficient (Wildman–Crippen LogP) is 4.99. The summed E-state index contributed by atoms with van der Waals surface area (Å²) >= 11 is 0. The Hall–Kier alpha value is -2.59. The Kier molecular flexibility index (Phi) is 9.29. The average molecular weight is 381 g/mol. The van der Waals surface area contributed by atoms with Gasteiger partial charge in [-0.2, -0.15) is 0 Å². The summed E-state index contributed by atoms with van der Waals surface area (Å²) in [5, 5.41) is 0. The maximum absolute atomic E-state index is 10.2. The zero-order valence-electron chi connectivity index (χ0n) is 16.8. The Morgan fingerprint density at radius 2 is 1.75 bits per heavy atom. The smallest absolute Gasteiger partial charge is 0.142 e. The van der Waals surface area contributed by atoms with E-state index in [0.717, 1.165) is 35.4 Å². The van der Waals surface area contributed by atoms with Crippen LogP contribution in [0.1, 0.15) is 54.7 Å². The number of nitrogens with two attached hydrogens (primary N) is 2. The average Bonchev–Trinajstić information content (AvgIpc) is 2.73. The van der Waals surface area contributed by atoms with Crippen molar-refractivity contribution in [1.82, 2.24) is 0 Å². The molecule has 0 radical (unpaired) electrons. The monoisotopic (exact) mass is 380 g/mol. The van der Waals surface area contributed by atoms with Gasteiger partial charge in [-0.3, -0.25) is 4.79 Å². The van der Waals surface area contributed by atoms with Crippen molar-refractivity contribution in [3.05, 3.63) is 65.2 Å². The lowest BCUT2D eigenvalue weighted by Gasteiger charge is -2.21. The number of hydrogen-bond acceptors (Lipinski definition) is 4. The molecule has 0 amide bonds. The highest BCUT2D eigenvalue weighted by atomic mass is 16.5. The third-order valence-electron chi connectivity index (χ3n) is 5.13. The minimum Gasteiger partial charge on any atom is -0.399 e. The van der Waals surface area contributed by atoms with E-state index >= 15 is 0 Å². The van der Waals surface area contributed by atoms with Crippen molar-refractivity contribution in [3.8, 4) is 0 Å². The van der Waals surface area contributed by atoms with Crippen LogP contribution in [0.3, 0.4) is 0 Å². The molecular formula is C24H32N2O2. The van der Waals surface area contributed by atoms with Crippen molar-refractivity contribution in [3.63, 3.8) is 0 Å². The summed E-state index contributed by atoms with van der Waals surface area (Å²) in [7, 11) is 1.67. The molecule has 3 rings (SSSR count). The molecule has 0 atom stereocenters. The third-order valence-corrected chi connectivity index (χ3v) is 5.13. The molecule has 2 aromatic rings. The number of carbonyl (C=O) groups is 1. The number of rotatable bonds is 6. The van der Waals surface area contributed by atoms with Crippen LogP contribution < -0.4 is 11.5 Å². The van der Waals surface area contributed by atoms with Crippen LogP contribution in [0.15, 0.2) is 48.5 Å². The van der Waals surface area contributed by atoms with Gasteiger partial charge < -0.3 is 16.2 Å². The molecule has 0 heterocycles. The summed E-state index contributed by atoms with van der Waals surface area (Å²) in [5.41, 5.74) is 16.4. The highest BCUT2D eigenvalue weighted by Crippen LogP contribution is 2.32. The number of benzene rings is 2. The number of ether oxygens (including phenoxy) is 1. The van der Waals surface area contributed by atoms with E-state index in [4.69, 9.17) is 16.2 Å². The van der Waals surface area contributed by atoms with Gasteiger partial charge in [-0.15, -0.1) is 0 Å². The van der Waals surface area contributed by atoms with E-state index in [0.29, 0.717) is 12.3 Å². The molecule has 0 aromatic heterocycles. The lowest BCUT2D eigenvalue weighted by atomic mass is 9.84. The number of methoxy groups -OCH3 is 1. The van der Waals surface area contributed by atoms with Crippen LogP contribution in [0.4, 0.5) is 11.4 Å². The summed E-state index contributed by atoms with van der Waals surface area (Å²) in [6.45, 7) is 0.689. The van der Waals surface area contributed by atoms with Crippen molar-refractivity contribution < 1.29 is 9.53 Å². The minimum atomic E-state index is 0.689. The molecule has 1 fully saturated rings. The van der Waals surface area contributed by atoms with Crippen LogP contribution in [-0.2, 0) is 16.0 Å². The van der Waals surface area contributed by atoms with Crippen LogP contribution >= 0.6 is 0 Å². The molecule has 0 spiro atoms. The molecule has 0 unspecified atom stereocenters. The molecule has 28 heavy (non-hydrogen) atoms. The predicted molar refractivity (Wildman–Crippen MR) is 118 cm³/mol. The SMILES string of the molecule is COCCc1ccc(N)cc1N.O=C/C=C/c1ccc(C2CCCCC2)cc1. The second kappa shape index (κ2) is 12.0. The number of allylic oxidation sites excluding steroid dienone is 1. The normalized spacial score (nSPS) is 14.5. The molecule has 150 valence electrons. The summed E-state index contributed by atoms with van der Waals surface area (Å²) in [5.74, 6) is 0.762. The van der Waals surface area contributed by atoms with Crippen LogP contribution in [0, 0.1) is 0 Å². The Bertz CT molecular complexity index is 748. The molecule has 4 N–H and O–H groups in total. The first-order valence-corrected chi connectivity index (χ1v) is 9.98. The maximum Gasteiger partial charge on any atom is 0.142 e. The van der Waals surface area contributed by atoms with Gasteiger partial charge in [0.05, 0.1) is 6.61 Å². The summed E-state index contributed by atoms with van der Waals surface area (Å²) in [4.78, 5) is 10.2. The zero-order valence-corrected chi connectivity index (χ0v) is 16.8. The van der Waals surface area contributed by atoms with E-state index in [2.05, 4.69) is 24.3 Å². The fraction of sp³-hybridized carbons (Fsp3) is 0.375. The molecule has 1 aliphatic carbocycles. The van der Waals surface area contributed by atoms with E-state index in [-0.39, 0.29) is 0 Å². The van der Waals surface area contributed by atoms with E-state index in [1.165, 1.54) is 43.7 Å². The molecule has 0 aliphatic heterocycles. The molecule has 0 saturated heterocycles. The second-order valence-electron chi connectivity index (χ2n) is 7.20. The van der Waals surface area contributed by atoms with E-state index in [1.807, 2.05) is 18.2 Å². The maximum atomic E-state index is 10.2. The minimum absolute atomic E-state index is 0.689. The Morgan fingerprint density at radius 1 is 1.04 bits per heavy atom. The van der Waals surface area contributed by atoms with E-state index in [9.17, 15) is 4.79 Å². The van der Waals surface area contributed by atoms with Crippen molar-refractivity contribution in [1.29, 1.82) is 0 Å². The van der Waals surface area contributed by atoms with Gasteiger partial charge in [0, 0.05) is 18.5 Å². The molecule has 1 aliphatic rings. The number of carbonyl (C=O) groups excluding carboxylic acids is 1. The fourth-order valence-electron chi connectivity index (χ4n) is 3.52. The first-order valence-electron chi connectivity index (χ1n) is 9.98. The second-order valence-corrected chi connectivity index (χ2v) is 7.20. The quantitative estimate of drug-likeness (QED) is 0.420. The topological polar surface area (TPSA) is 78.3 Å². The Morgan fingerprint density at radius 3 is 2.36 bits per heavy atom. The van der Waals surface area contributed by atoms with Gasteiger partial charge in [0.15, 0.2) is 0 Å². The highest BCUT2D eigenvalue weighted by molar-refractivity contribution is 5.73. The molecule has 1 saturated carbocycles. The molecule has 0 bridgehead atoms. The molecule has 4 nitrogen and oxygen atoms in total. The van der Waals surface area contributed by atoms with Gasteiger partial charge in [-0.25, -0.2) is 0 Å². The lowest BCUT2D eigenvalue weighted by molar-refractivity contribution is -0.104. The zero-order chi connectivity index (χ0) is 20.2. The van der Waals surface area contributed by atoms with Crippen LogP contribution in [0.25, 0.3) is 6.08 Å². The van der Waals surface area contributed by atoms with Crippen LogP contribution in [0.5, 0.6) is 0 Å². The van der Waals surface area contributed by atoms with Crippen molar-refractivity contribution in [2.75, 3.05) is 25.2 Å². The molecule has 4 heteroatoms. The first-order chi connectivity index (χ1) is 13.6. The van der Waals surface area contributed by atoms with Gasteiger partial charge in [-0.1, -0.05) is 55.7 Å². The number of nitrogen functional groups attached to an aromatic ring is 2. The van der Waals surface area contributed by atoms with E-state index < -0.39 is 0 Å². The van der Waals surface area contributed by atoms with Gasteiger partial charge in [0.25, 0.3) is 0 Å². The number of hydrogen-bond donors (Lipinski definition) is 2. The first kappa shape index (κ1) is 21.7. The van der Waals surface area contributed by atoms with Gasteiger partial charge in [0.2, 0.25) is 0 Å². The van der Waals surface area contributed by atoms with Crippen molar-refractivity contribution >= 4 is 23.7 Å².